The SMILES string of the molecule is C[SiH](C)OC([O])CCC(C)(C)C. The lowest BCUT2D eigenvalue weighted by atomic mass is 9.90. The lowest BCUT2D eigenvalue weighted by Crippen LogP contribution is -2.20. The van der Waals surface area contributed by atoms with E-state index in [9.17, 15) is 5.11 Å². The van der Waals surface area contributed by atoms with Gasteiger partial charge in [0.2, 0.25) is 0 Å². The van der Waals surface area contributed by atoms with Crippen LogP contribution in [0.15, 0.2) is 0 Å². The highest BCUT2D eigenvalue weighted by Gasteiger charge is 2.15. The van der Waals surface area contributed by atoms with Crippen LogP contribution in [0.3, 0.4) is 0 Å². The molecule has 0 N–H and O–H groups in total. The number of hydrogen-bond donors (Lipinski definition) is 0. The zero-order chi connectivity index (χ0) is 9.78. The summed E-state index contributed by atoms with van der Waals surface area (Å²) in [5.74, 6) is 0. The van der Waals surface area contributed by atoms with E-state index in [1.54, 1.807) is 0 Å². The summed E-state index contributed by atoms with van der Waals surface area (Å²) < 4.78 is 5.23. The minimum Gasteiger partial charge on any atom is -0.394 e. The molecule has 3 heteroatoms. The quantitative estimate of drug-likeness (QED) is 0.493. The first kappa shape index (κ1) is 12.1. The van der Waals surface area contributed by atoms with Gasteiger partial charge in [0.05, 0.1) is 0 Å². The van der Waals surface area contributed by atoms with Crippen molar-refractivity contribution in [1.29, 1.82) is 0 Å². The van der Waals surface area contributed by atoms with Crippen molar-refractivity contribution in [3.05, 3.63) is 0 Å². The normalized spacial score (nSPS) is 15.2. The van der Waals surface area contributed by atoms with Gasteiger partial charge >= 0.3 is 0 Å². The summed E-state index contributed by atoms with van der Waals surface area (Å²) in [6, 6.07) is 0. The van der Waals surface area contributed by atoms with E-state index in [-0.39, 0.29) is 5.41 Å². The van der Waals surface area contributed by atoms with E-state index in [0.29, 0.717) is 6.42 Å². The standard InChI is InChI=1S/C9H21O2Si/c1-9(2,3)7-6-8(10)11-12(4)5/h8,12H,6-7H2,1-5H3. The molecule has 0 heterocycles. The van der Waals surface area contributed by atoms with E-state index >= 15 is 0 Å². The van der Waals surface area contributed by atoms with Gasteiger partial charge < -0.3 is 4.43 Å². The van der Waals surface area contributed by atoms with Crippen molar-refractivity contribution in [1.82, 2.24) is 0 Å². The molecule has 0 aromatic carbocycles. The highest BCUT2D eigenvalue weighted by molar-refractivity contribution is 6.48. The highest BCUT2D eigenvalue weighted by atomic mass is 28.3. The third kappa shape index (κ3) is 8.24. The molecule has 0 rings (SSSR count). The molecule has 2 nitrogen and oxygen atoms in total. The Balaban J connectivity index is 3.51. The van der Waals surface area contributed by atoms with Crippen LogP contribution in [0.1, 0.15) is 33.6 Å². The molecule has 0 aliphatic carbocycles. The fourth-order valence-corrected chi connectivity index (χ4v) is 1.67. The van der Waals surface area contributed by atoms with Gasteiger partial charge in [0.1, 0.15) is 0 Å². The fourth-order valence-electron chi connectivity index (χ4n) is 0.922. The molecule has 12 heavy (non-hydrogen) atoms. The van der Waals surface area contributed by atoms with E-state index in [4.69, 9.17) is 4.43 Å². The largest absolute Gasteiger partial charge is 0.394 e. The van der Waals surface area contributed by atoms with Gasteiger partial charge in [-0.05, 0) is 24.9 Å². The second-order valence-electron chi connectivity index (χ2n) is 4.71. The maximum atomic E-state index is 11.2. The van der Waals surface area contributed by atoms with Crippen molar-refractivity contribution in [2.24, 2.45) is 5.41 Å². The Hall–Kier alpha value is 0.137. The molecule has 0 bridgehead atoms. The van der Waals surface area contributed by atoms with Crippen LogP contribution < -0.4 is 0 Å². The molecular formula is C9H21O2Si. The van der Waals surface area contributed by atoms with E-state index < -0.39 is 15.3 Å². The van der Waals surface area contributed by atoms with Crippen LogP contribution in [-0.4, -0.2) is 15.3 Å². The van der Waals surface area contributed by atoms with Gasteiger partial charge in [-0.2, -0.15) is 0 Å². The summed E-state index contributed by atoms with van der Waals surface area (Å²) in [4.78, 5) is 0. The van der Waals surface area contributed by atoms with Crippen LogP contribution in [0.5, 0.6) is 0 Å². The molecule has 1 unspecified atom stereocenters. The summed E-state index contributed by atoms with van der Waals surface area (Å²) >= 11 is 0. The molecule has 0 aliphatic heterocycles. The van der Waals surface area contributed by atoms with Crippen molar-refractivity contribution in [3.63, 3.8) is 0 Å². The summed E-state index contributed by atoms with van der Waals surface area (Å²) in [7, 11) is -1.13. The Kier molecular flexibility index (Phi) is 5.05. The average Bonchev–Trinajstić information content (AvgIpc) is 1.80. The Morgan fingerprint density at radius 2 is 1.83 bits per heavy atom. The first-order valence-electron chi connectivity index (χ1n) is 4.62. The van der Waals surface area contributed by atoms with Crippen LogP contribution in [-0.2, 0) is 9.53 Å². The van der Waals surface area contributed by atoms with Crippen LogP contribution in [0, 0.1) is 5.41 Å². The van der Waals surface area contributed by atoms with Gasteiger partial charge in [-0.1, -0.05) is 20.8 Å². The van der Waals surface area contributed by atoms with Crippen molar-refractivity contribution >= 4 is 9.04 Å². The second-order valence-corrected chi connectivity index (χ2v) is 7.08. The highest BCUT2D eigenvalue weighted by Crippen LogP contribution is 2.22. The molecule has 0 aromatic rings. The molecule has 0 saturated heterocycles. The molecule has 0 aromatic heterocycles. The Morgan fingerprint density at radius 1 is 1.33 bits per heavy atom. The molecule has 0 aliphatic rings. The maximum Gasteiger partial charge on any atom is 0.182 e. The predicted octanol–water partition coefficient (Wildman–Crippen LogP) is 2.57. The third-order valence-electron chi connectivity index (χ3n) is 1.55. The molecule has 0 fully saturated rings. The smallest absolute Gasteiger partial charge is 0.182 e. The van der Waals surface area contributed by atoms with E-state index in [0.717, 1.165) is 6.42 Å². The maximum absolute atomic E-state index is 11.2. The van der Waals surface area contributed by atoms with Gasteiger partial charge in [0, 0.05) is 6.42 Å². The molecule has 0 amide bonds. The summed E-state index contributed by atoms with van der Waals surface area (Å²) in [5, 5.41) is 11.2. The molecule has 0 saturated carbocycles. The number of rotatable bonds is 4. The van der Waals surface area contributed by atoms with E-state index in [2.05, 4.69) is 20.8 Å². The van der Waals surface area contributed by atoms with Gasteiger partial charge in [-0.15, -0.1) is 0 Å². The van der Waals surface area contributed by atoms with E-state index in [1.807, 2.05) is 13.1 Å². The minimum atomic E-state index is -1.13. The zero-order valence-electron chi connectivity index (χ0n) is 8.89. The minimum absolute atomic E-state index is 0.255. The zero-order valence-corrected chi connectivity index (χ0v) is 10.0. The predicted molar refractivity (Wildman–Crippen MR) is 53.1 cm³/mol. The first-order chi connectivity index (χ1) is 5.31. The monoisotopic (exact) mass is 189 g/mol. The van der Waals surface area contributed by atoms with Gasteiger partial charge in [0.15, 0.2) is 15.3 Å². The molecule has 73 valence electrons. The Bertz CT molecular complexity index is 118. The molecule has 1 atom stereocenters. The third-order valence-corrected chi connectivity index (χ3v) is 2.40. The lowest BCUT2D eigenvalue weighted by Gasteiger charge is -2.20. The fraction of sp³-hybridized carbons (Fsp3) is 1.00. The van der Waals surface area contributed by atoms with Crippen LogP contribution in [0.25, 0.3) is 0 Å². The number of hydrogen-bond acceptors (Lipinski definition) is 1. The van der Waals surface area contributed by atoms with Crippen LogP contribution in [0.4, 0.5) is 0 Å². The summed E-state index contributed by atoms with van der Waals surface area (Å²) in [6.45, 7) is 10.5. The van der Waals surface area contributed by atoms with Gasteiger partial charge in [-0.25, -0.2) is 5.11 Å². The van der Waals surface area contributed by atoms with Crippen molar-refractivity contribution < 1.29 is 9.53 Å². The van der Waals surface area contributed by atoms with Gasteiger partial charge in [0.25, 0.3) is 0 Å². The van der Waals surface area contributed by atoms with Crippen LogP contribution in [0.2, 0.25) is 13.1 Å². The molecule has 0 spiro atoms. The summed E-state index contributed by atoms with van der Waals surface area (Å²) in [6.07, 6.45) is 0.813. The topological polar surface area (TPSA) is 29.1 Å². The summed E-state index contributed by atoms with van der Waals surface area (Å²) in [5.41, 5.74) is 0.255. The Labute approximate surface area is 77.7 Å². The van der Waals surface area contributed by atoms with Gasteiger partial charge in [-0.3, -0.25) is 0 Å². The lowest BCUT2D eigenvalue weighted by molar-refractivity contribution is -0.0826. The van der Waals surface area contributed by atoms with Crippen molar-refractivity contribution in [3.8, 4) is 0 Å². The van der Waals surface area contributed by atoms with Crippen LogP contribution >= 0.6 is 0 Å². The second kappa shape index (κ2) is 4.99. The van der Waals surface area contributed by atoms with Crippen molar-refractivity contribution in [2.75, 3.05) is 0 Å². The first-order valence-corrected chi connectivity index (χ1v) is 7.40. The molecular weight excluding hydrogens is 168 g/mol. The average molecular weight is 189 g/mol. The van der Waals surface area contributed by atoms with Crippen molar-refractivity contribution in [2.45, 2.75) is 53.0 Å². The molecule has 1 radical (unpaired) electrons. The Morgan fingerprint density at radius 3 is 2.17 bits per heavy atom. The van der Waals surface area contributed by atoms with E-state index in [1.165, 1.54) is 0 Å².